The molecule has 0 atom stereocenters. The minimum absolute atomic E-state index is 0.121. The van der Waals surface area contributed by atoms with Gasteiger partial charge in [0.1, 0.15) is 5.69 Å². The Morgan fingerprint density at radius 1 is 1.59 bits per heavy atom. The Hall–Kier alpha value is -1.29. The Bertz CT molecular complexity index is 404. The van der Waals surface area contributed by atoms with Gasteiger partial charge in [-0.1, -0.05) is 25.1 Å². The molecule has 1 rings (SSSR count). The Morgan fingerprint density at radius 3 is 3.00 bits per heavy atom. The van der Waals surface area contributed by atoms with Crippen LogP contribution in [0.15, 0.2) is 30.5 Å². The average Bonchev–Trinajstić information content (AvgIpc) is 2.36. The van der Waals surface area contributed by atoms with Crippen LogP contribution in [-0.2, 0) is 5.75 Å². The number of rotatable bonds is 6. The van der Waals surface area contributed by atoms with E-state index in [9.17, 15) is 4.79 Å². The summed E-state index contributed by atoms with van der Waals surface area (Å²) >= 11 is 1.68. The van der Waals surface area contributed by atoms with E-state index in [4.69, 9.17) is 0 Å². The number of nitrogens with one attached hydrogen (secondary N) is 1. The van der Waals surface area contributed by atoms with Gasteiger partial charge in [0, 0.05) is 18.5 Å². The third kappa shape index (κ3) is 4.23. The number of nitrogens with zero attached hydrogens (tertiary/aromatic N) is 1. The highest BCUT2D eigenvalue weighted by atomic mass is 32.2. The van der Waals surface area contributed by atoms with Gasteiger partial charge in [0.25, 0.3) is 5.91 Å². The molecule has 0 saturated carbocycles. The molecule has 0 aliphatic carbocycles. The van der Waals surface area contributed by atoms with E-state index in [0.29, 0.717) is 12.2 Å². The second kappa shape index (κ2) is 7.12. The van der Waals surface area contributed by atoms with Crippen LogP contribution in [0.2, 0.25) is 0 Å². The molecular formula is C13H18N2OS. The summed E-state index contributed by atoms with van der Waals surface area (Å²) in [7, 11) is 0. The monoisotopic (exact) mass is 250 g/mol. The summed E-state index contributed by atoms with van der Waals surface area (Å²) < 4.78 is 0. The molecule has 0 spiro atoms. The van der Waals surface area contributed by atoms with E-state index in [1.165, 1.54) is 0 Å². The van der Waals surface area contributed by atoms with Crippen molar-refractivity contribution in [2.24, 2.45) is 0 Å². The highest BCUT2D eigenvalue weighted by molar-refractivity contribution is 7.97. The lowest BCUT2D eigenvalue weighted by molar-refractivity contribution is 0.0951. The Balaban J connectivity index is 2.71. The van der Waals surface area contributed by atoms with Crippen LogP contribution >= 0.6 is 11.8 Å². The largest absolute Gasteiger partial charge is 0.347 e. The third-order valence-corrected chi connectivity index (χ3v) is 3.00. The fourth-order valence-corrected chi connectivity index (χ4v) is 1.87. The summed E-state index contributed by atoms with van der Waals surface area (Å²) in [6.07, 6.45) is 4.53. The molecule has 0 saturated heterocycles. The molecule has 4 heteroatoms. The molecule has 0 aliphatic rings. The summed E-state index contributed by atoms with van der Waals surface area (Å²) in [6, 6.07) is 3.79. The highest BCUT2D eigenvalue weighted by Gasteiger charge is 2.11. The Kier molecular flexibility index (Phi) is 5.77. The molecule has 1 N–H and O–H groups in total. The summed E-state index contributed by atoms with van der Waals surface area (Å²) in [6.45, 7) is 6.40. The summed E-state index contributed by atoms with van der Waals surface area (Å²) in [5.41, 5.74) is 2.51. The lowest BCUT2D eigenvalue weighted by Gasteiger charge is -2.08. The van der Waals surface area contributed by atoms with Crippen LogP contribution in [0.4, 0.5) is 0 Å². The van der Waals surface area contributed by atoms with Gasteiger partial charge in [-0.15, -0.1) is 0 Å². The first-order valence-electron chi connectivity index (χ1n) is 5.56. The van der Waals surface area contributed by atoms with Crippen LogP contribution in [0, 0.1) is 0 Å². The van der Waals surface area contributed by atoms with Crippen LogP contribution in [0.1, 0.15) is 29.4 Å². The second-order valence-corrected chi connectivity index (χ2v) is 4.60. The lowest BCUT2D eigenvalue weighted by atomic mass is 10.2. The fraction of sp³-hybridized carbons (Fsp3) is 0.385. The van der Waals surface area contributed by atoms with Crippen molar-refractivity contribution < 1.29 is 4.79 Å². The minimum Gasteiger partial charge on any atom is -0.347 e. The molecule has 3 nitrogen and oxygen atoms in total. The molecule has 0 bridgehead atoms. The number of carbonyl (C=O) groups is 1. The van der Waals surface area contributed by atoms with Gasteiger partial charge in [0.05, 0.1) is 0 Å². The minimum atomic E-state index is -0.121. The van der Waals surface area contributed by atoms with Crippen molar-refractivity contribution >= 4 is 17.7 Å². The summed E-state index contributed by atoms with van der Waals surface area (Å²) in [5.74, 6) is 0.676. The van der Waals surface area contributed by atoms with Crippen LogP contribution < -0.4 is 5.32 Å². The van der Waals surface area contributed by atoms with Crippen molar-refractivity contribution in [1.29, 1.82) is 0 Å². The van der Waals surface area contributed by atoms with Crippen LogP contribution in [-0.4, -0.2) is 23.7 Å². The smallest absolute Gasteiger partial charge is 0.270 e. The van der Waals surface area contributed by atoms with Gasteiger partial charge in [-0.3, -0.25) is 9.78 Å². The fourth-order valence-electron chi connectivity index (χ4n) is 1.33. The molecule has 1 amide bonds. The van der Waals surface area contributed by atoms with Crippen molar-refractivity contribution in [3.63, 3.8) is 0 Å². The quantitative estimate of drug-likeness (QED) is 0.789. The molecule has 0 unspecified atom stereocenters. The third-order valence-electron chi connectivity index (χ3n) is 2.41. The SMILES string of the molecule is C=C(CC)CNC(=O)c1ncccc1CSC. The molecule has 1 heterocycles. The maximum Gasteiger partial charge on any atom is 0.270 e. The number of hydrogen-bond donors (Lipinski definition) is 1. The molecule has 1 aromatic heterocycles. The van der Waals surface area contributed by atoms with E-state index in [1.807, 2.05) is 25.3 Å². The first kappa shape index (κ1) is 13.8. The van der Waals surface area contributed by atoms with Gasteiger partial charge in [0.15, 0.2) is 0 Å². The number of amides is 1. The topological polar surface area (TPSA) is 42.0 Å². The first-order valence-corrected chi connectivity index (χ1v) is 6.96. The van der Waals surface area contributed by atoms with Crippen molar-refractivity contribution in [2.45, 2.75) is 19.1 Å². The molecule has 92 valence electrons. The first-order chi connectivity index (χ1) is 8.19. The maximum absolute atomic E-state index is 11.9. The van der Waals surface area contributed by atoms with Crippen molar-refractivity contribution in [3.8, 4) is 0 Å². The van der Waals surface area contributed by atoms with Crippen molar-refractivity contribution in [2.75, 3.05) is 12.8 Å². The van der Waals surface area contributed by atoms with Gasteiger partial charge in [-0.25, -0.2) is 0 Å². The van der Waals surface area contributed by atoms with Gasteiger partial charge in [-0.05, 0) is 24.3 Å². The van der Waals surface area contributed by atoms with E-state index in [0.717, 1.165) is 23.3 Å². The Morgan fingerprint density at radius 2 is 2.35 bits per heavy atom. The second-order valence-electron chi connectivity index (χ2n) is 3.73. The molecule has 1 aromatic rings. The molecule has 0 fully saturated rings. The van der Waals surface area contributed by atoms with E-state index >= 15 is 0 Å². The zero-order valence-electron chi connectivity index (χ0n) is 10.3. The molecule has 0 aromatic carbocycles. The van der Waals surface area contributed by atoms with Crippen LogP contribution in [0.5, 0.6) is 0 Å². The zero-order chi connectivity index (χ0) is 12.7. The van der Waals surface area contributed by atoms with Gasteiger partial charge in [0.2, 0.25) is 0 Å². The number of hydrogen-bond acceptors (Lipinski definition) is 3. The lowest BCUT2D eigenvalue weighted by Crippen LogP contribution is -2.27. The maximum atomic E-state index is 11.9. The molecule has 0 radical (unpaired) electrons. The van der Waals surface area contributed by atoms with Crippen molar-refractivity contribution in [3.05, 3.63) is 41.7 Å². The zero-order valence-corrected chi connectivity index (χ0v) is 11.1. The van der Waals surface area contributed by atoms with Crippen molar-refractivity contribution in [1.82, 2.24) is 10.3 Å². The predicted molar refractivity (Wildman–Crippen MR) is 73.2 cm³/mol. The van der Waals surface area contributed by atoms with E-state index in [-0.39, 0.29) is 5.91 Å². The van der Waals surface area contributed by atoms with Gasteiger partial charge >= 0.3 is 0 Å². The molecular weight excluding hydrogens is 232 g/mol. The normalized spacial score (nSPS) is 10.0. The van der Waals surface area contributed by atoms with E-state index in [2.05, 4.69) is 16.9 Å². The number of pyridine rings is 1. The summed E-state index contributed by atoms with van der Waals surface area (Å²) in [4.78, 5) is 16.1. The molecule has 17 heavy (non-hydrogen) atoms. The van der Waals surface area contributed by atoms with Crippen LogP contribution in [0.25, 0.3) is 0 Å². The Labute approximate surface area is 107 Å². The van der Waals surface area contributed by atoms with E-state index < -0.39 is 0 Å². The van der Waals surface area contributed by atoms with Gasteiger partial charge in [-0.2, -0.15) is 11.8 Å². The number of aromatic nitrogens is 1. The highest BCUT2D eigenvalue weighted by Crippen LogP contribution is 2.12. The molecule has 0 aliphatic heterocycles. The standard InChI is InChI=1S/C13H18N2OS/c1-4-10(2)8-15-13(16)12-11(9-17-3)6-5-7-14-12/h5-7H,2,4,8-9H2,1,3H3,(H,15,16). The number of thioether (sulfide) groups is 1. The average molecular weight is 250 g/mol. The van der Waals surface area contributed by atoms with E-state index in [1.54, 1.807) is 18.0 Å². The van der Waals surface area contributed by atoms with Gasteiger partial charge < -0.3 is 5.32 Å². The number of carbonyl (C=O) groups excluding carboxylic acids is 1. The summed E-state index contributed by atoms with van der Waals surface area (Å²) in [5, 5.41) is 2.84. The predicted octanol–water partition coefficient (Wildman–Crippen LogP) is 2.64. The van der Waals surface area contributed by atoms with Crippen LogP contribution in [0.3, 0.4) is 0 Å².